The zero-order valence-electron chi connectivity index (χ0n) is 4.24. The van der Waals surface area contributed by atoms with Crippen LogP contribution in [0.4, 0.5) is 0 Å². The molecule has 0 aromatic rings. The standard InChI is InChI=1S/C4H9BI/c1-3-4(2)5-6/h4H,3H2,1-2H3. The molecular weight excluding hydrogens is 186 g/mol. The van der Waals surface area contributed by atoms with Gasteiger partial charge in [0.15, 0.2) is 0 Å². The highest BCUT2D eigenvalue weighted by Crippen LogP contribution is 2.07. The van der Waals surface area contributed by atoms with Crippen LogP contribution < -0.4 is 0 Å². The molecule has 6 heavy (non-hydrogen) atoms. The van der Waals surface area contributed by atoms with E-state index in [0.29, 0.717) is 0 Å². The topological polar surface area (TPSA) is 0 Å². The van der Waals surface area contributed by atoms with E-state index in [2.05, 4.69) is 41.4 Å². The Balaban J connectivity index is 2.75. The lowest BCUT2D eigenvalue weighted by Gasteiger charge is -1.95. The van der Waals surface area contributed by atoms with Crippen LogP contribution >= 0.6 is 22.4 Å². The molecule has 0 aliphatic heterocycles. The Morgan fingerprint density at radius 1 is 1.83 bits per heavy atom. The molecule has 0 saturated heterocycles. The smallest absolute Gasteiger partial charge is 0.158 e. The Morgan fingerprint density at radius 3 is 2.33 bits per heavy atom. The molecule has 0 rings (SSSR count). The van der Waals surface area contributed by atoms with Crippen LogP contribution in [-0.4, -0.2) is 5.14 Å². The van der Waals surface area contributed by atoms with Gasteiger partial charge in [0.2, 0.25) is 5.14 Å². The van der Waals surface area contributed by atoms with E-state index >= 15 is 0 Å². The molecule has 0 N–H and O–H groups in total. The SMILES string of the molecule is CCC(C)[B]I. The highest BCUT2D eigenvalue weighted by molar-refractivity contribution is 14.1. The Bertz CT molecular complexity index is 26.7. The van der Waals surface area contributed by atoms with Crippen LogP contribution in [0.2, 0.25) is 5.82 Å². The van der Waals surface area contributed by atoms with Crippen LogP contribution in [0.15, 0.2) is 0 Å². The highest BCUT2D eigenvalue weighted by atomic mass is 127. The van der Waals surface area contributed by atoms with Crippen molar-refractivity contribution in [2.24, 2.45) is 0 Å². The Hall–Kier alpha value is 0.795. The highest BCUT2D eigenvalue weighted by Gasteiger charge is 1.93. The summed E-state index contributed by atoms with van der Waals surface area (Å²) in [6.07, 6.45) is 1.27. The third-order valence-corrected chi connectivity index (χ3v) is 2.09. The lowest BCUT2D eigenvalue weighted by molar-refractivity contribution is 0.879. The van der Waals surface area contributed by atoms with Gasteiger partial charge >= 0.3 is 0 Å². The van der Waals surface area contributed by atoms with Crippen molar-refractivity contribution in [2.45, 2.75) is 26.1 Å². The molecule has 0 spiro atoms. The number of rotatable bonds is 2. The molecule has 0 aliphatic rings. The zero-order valence-corrected chi connectivity index (χ0v) is 6.40. The Morgan fingerprint density at radius 2 is 2.33 bits per heavy atom. The van der Waals surface area contributed by atoms with Crippen LogP contribution in [0, 0.1) is 0 Å². The maximum atomic E-state index is 2.29. The van der Waals surface area contributed by atoms with Crippen molar-refractivity contribution < 1.29 is 0 Å². The van der Waals surface area contributed by atoms with Crippen LogP contribution in [0.3, 0.4) is 0 Å². The summed E-state index contributed by atoms with van der Waals surface area (Å²) in [6.45, 7) is 4.41. The molecule has 0 bridgehead atoms. The zero-order chi connectivity index (χ0) is 4.99. The van der Waals surface area contributed by atoms with Gasteiger partial charge in [-0.2, -0.15) is 22.4 Å². The molecule has 0 aromatic heterocycles. The molecule has 2 heteroatoms. The normalized spacial score (nSPS) is 13.8. The maximum absolute atomic E-state index is 2.29. The number of hydrogen-bond acceptors (Lipinski definition) is 0. The third-order valence-electron chi connectivity index (χ3n) is 0.859. The van der Waals surface area contributed by atoms with E-state index in [0.717, 1.165) is 5.82 Å². The minimum absolute atomic E-state index is 0.797. The van der Waals surface area contributed by atoms with Gasteiger partial charge in [-0.15, -0.1) is 0 Å². The largest absolute Gasteiger partial charge is 0.203 e. The van der Waals surface area contributed by atoms with Crippen molar-refractivity contribution in [3.05, 3.63) is 0 Å². The van der Waals surface area contributed by atoms with Gasteiger partial charge in [-0.3, -0.25) is 0 Å². The van der Waals surface area contributed by atoms with Crippen molar-refractivity contribution >= 4 is 27.5 Å². The molecule has 35 valence electrons. The fourth-order valence-corrected chi connectivity index (χ4v) is 0.598. The summed E-state index contributed by atoms with van der Waals surface area (Å²) in [7, 11) is 0. The van der Waals surface area contributed by atoms with Gasteiger partial charge in [-0.1, -0.05) is 26.1 Å². The molecular formula is C4H9BI. The van der Waals surface area contributed by atoms with Crippen molar-refractivity contribution in [3.63, 3.8) is 0 Å². The van der Waals surface area contributed by atoms with Crippen LogP contribution in [0.1, 0.15) is 20.3 Å². The van der Waals surface area contributed by atoms with Gasteiger partial charge in [-0.05, 0) is 0 Å². The summed E-state index contributed by atoms with van der Waals surface area (Å²) in [5.41, 5.74) is 0. The summed E-state index contributed by atoms with van der Waals surface area (Å²) in [4.78, 5) is 0. The van der Waals surface area contributed by atoms with Crippen molar-refractivity contribution in [2.75, 3.05) is 0 Å². The molecule has 1 atom stereocenters. The average molecular weight is 195 g/mol. The monoisotopic (exact) mass is 195 g/mol. The average Bonchev–Trinajstić information content (AvgIpc) is 1.65. The van der Waals surface area contributed by atoms with Gasteiger partial charge in [0.25, 0.3) is 0 Å². The third kappa shape index (κ3) is 3.00. The number of halogens is 1. The van der Waals surface area contributed by atoms with E-state index in [1.54, 1.807) is 0 Å². The first-order valence-corrected chi connectivity index (χ1v) is 3.49. The van der Waals surface area contributed by atoms with Gasteiger partial charge in [0.1, 0.15) is 0 Å². The molecule has 1 radical (unpaired) electrons. The van der Waals surface area contributed by atoms with Gasteiger partial charge in [0.05, 0.1) is 0 Å². The van der Waals surface area contributed by atoms with Gasteiger partial charge < -0.3 is 0 Å². The molecule has 1 unspecified atom stereocenters. The molecule has 0 aliphatic carbocycles. The Labute approximate surface area is 53.8 Å². The molecule has 0 nitrogen and oxygen atoms in total. The summed E-state index contributed by atoms with van der Waals surface area (Å²) < 4.78 is 0. The first-order chi connectivity index (χ1) is 2.81. The summed E-state index contributed by atoms with van der Waals surface area (Å²) in [5, 5.41) is 2.19. The van der Waals surface area contributed by atoms with Crippen LogP contribution in [0.5, 0.6) is 0 Å². The van der Waals surface area contributed by atoms with Crippen LogP contribution in [0.25, 0.3) is 0 Å². The minimum Gasteiger partial charge on any atom is -0.158 e. The minimum atomic E-state index is 0.797. The maximum Gasteiger partial charge on any atom is 0.203 e. The van der Waals surface area contributed by atoms with Crippen molar-refractivity contribution in [3.8, 4) is 0 Å². The molecule has 0 aromatic carbocycles. The van der Waals surface area contributed by atoms with E-state index in [4.69, 9.17) is 0 Å². The first kappa shape index (κ1) is 6.79. The summed E-state index contributed by atoms with van der Waals surface area (Å²) >= 11 is 2.29. The fourth-order valence-electron chi connectivity index (χ4n) is 0.0891. The molecule has 0 saturated carbocycles. The number of hydrogen-bond donors (Lipinski definition) is 0. The summed E-state index contributed by atoms with van der Waals surface area (Å²) in [5.74, 6) is 0.797. The van der Waals surface area contributed by atoms with Crippen molar-refractivity contribution in [1.82, 2.24) is 0 Å². The lowest BCUT2D eigenvalue weighted by atomic mass is 9.87. The molecule has 0 amide bonds. The molecule has 0 heterocycles. The first-order valence-electron chi connectivity index (χ1n) is 2.24. The second-order valence-electron chi connectivity index (χ2n) is 1.51. The van der Waals surface area contributed by atoms with E-state index in [1.165, 1.54) is 6.42 Å². The predicted octanol–water partition coefficient (Wildman–Crippen LogP) is 2.26. The Kier molecular flexibility index (Phi) is 4.49. The summed E-state index contributed by atoms with van der Waals surface area (Å²) in [6, 6.07) is 0. The molecule has 0 fully saturated rings. The predicted molar refractivity (Wildman–Crippen MR) is 39.5 cm³/mol. The van der Waals surface area contributed by atoms with Crippen molar-refractivity contribution in [1.29, 1.82) is 0 Å². The second kappa shape index (κ2) is 3.97. The second-order valence-corrected chi connectivity index (χ2v) is 2.23. The van der Waals surface area contributed by atoms with E-state index in [1.807, 2.05) is 0 Å². The van der Waals surface area contributed by atoms with Crippen LogP contribution in [-0.2, 0) is 0 Å². The quantitative estimate of drug-likeness (QED) is 0.468. The van der Waals surface area contributed by atoms with E-state index in [9.17, 15) is 0 Å². The fraction of sp³-hybridized carbons (Fsp3) is 1.00. The lowest BCUT2D eigenvalue weighted by Crippen LogP contribution is -1.85. The van der Waals surface area contributed by atoms with Gasteiger partial charge in [0, 0.05) is 0 Å². The van der Waals surface area contributed by atoms with Gasteiger partial charge in [-0.25, -0.2) is 0 Å². The van der Waals surface area contributed by atoms with E-state index in [-0.39, 0.29) is 0 Å². The van der Waals surface area contributed by atoms with E-state index < -0.39 is 0 Å².